The molecular weight excluding hydrogens is 378 g/mol. The Bertz CT molecular complexity index is 661. The van der Waals surface area contributed by atoms with Crippen molar-refractivity contribution < 1.29 is 32.3 Å². The zero-order valence-corrected chi connectivity index (χ0v) is 17.5. The van der Waals surface area contributed by atoms with E-state index in [1.165, 1.54) is 11.1 Å². The molecule has 0 aliphatic heterocycles. The Morgan fingerprint density at radius 2 is 1.54 bits per heavy atom. The van der Waals surface area contributed by atoms with Crippen molar-refractivity contribution in [1.29, 1.82) is 0 Å². The molecule has 0 fully saturated rings. The van der Waals surface area contributed by atoms with Gasteiger partial charge in [0.1, 0.15) is 6.11 Å². The largest absolute Gasteiger partial charge is 0.547 e. The third kappa shape index (κ3) is 14.1. The molecule has 0 aliphatic carbocycles. The molecule has 0 aliphatic rings. The number of terminal acetylenes is 1. The fourth-order valence-electron chi connectivity index (χ4n) is 1.87. The molecule has 0 amide bonds. The predicted octanol–water partition coefficient (Wildman–Crippen LogP) is 5.25. The van der Waals surface area contributed by atoms with Crippen LogP contribution in [-0.4, -0.2) is 16.4 Å². The Balaban J connectivity index is 4.43. The van der Waals surface area contributed by atoms with Crippen molar-refractivity contribution in [3.05, 3.63) is 34.9 Å². The smallest absolute Gasteiger partial charge is 0.350 e. The van der Waals surface area contributed by atoms with E-state index < -0.39 is 15.6 Å². The van der Waals surface area contributed by atoms with Crippen molar-refractivity contribution in [2.75, 3.05) is 6.61 Å². The van der Waals surface area contributed by atoms with E-state index in [0.717, 1.165) is 31.3 Å². The van der Waals surface area contributed by atoms with Crippen molar-refractivity contribution in [1.82, 2.24) is 0 Å². The molecule has 0 radical (unpaired) electrons. The van der Waals surface area contributed by atoms with E-state index in [9.17, 15) is 9.13 Å². The van der Waals surface area contributed by atoms with Crippen molar-refractivity contribution in [2.24, 2.45) is 0 Å². The van der Waals surface area contributed by atoms with Gasteiger partial charge in [-0.3, -0.25) is 4.52 Å². The minimum absolute atomic E-state index is 0.214. The van der Waals surface area contributed by atoms with Crippen LogP contribution in [0.4, 0.5) is 0 Å². The standard InChI is InChI=1S/C17H28O7P2/c1-6-22-26(21,24-25(18,19)20)23-14-13-17(5)12-8-11-16(4)10-7-9-15(2)3/h1,9,11,13H,7-8,10,12,14H2,2-5H3,(H2,18,19,20). The number of phosphoric acid groups is 2. The quantitative estimate of drug-likeness (QED) is 0.259. The molecule has 0 spiro atoms. The second-order valence-electron chi connectivity index (χ2n) is 5.98. The summed E-state index contributed by atoms with van der Waals surface area (Å²) in [6, 6.07) is 0. The first-order valence-electron chi connectivity index (χ1n) is 8.07. The third-order valence-corrected chi connectivity index (χ3v) is 5.60. The average molecular weight is 406 g/mol. The van der Waals surface area contributed by atoms with Gasteiger partial charge in [0.25, 0.3) is 0 Å². The number of phosphoric ester groups is 1. The monoisotopic (exact) mass is 406 g/mol. The van der Waals surface area contributed by atoms with E-state index in [1.54, 1.807) is 12.2 Å². The first-order chi connectivity index (χ1) is 12.0. The molecule has 7 nitrogen and oxygen atoms in total. The summed E-state index contributed by atoms with van der Waals surface area (Å²) in [5.74, 6) is 0. The van der Waals surface area contributed by atoms with Crippen LogP contribution in [0.15, 0.2) is 34.9 Å². The summed E-state index contributed by atoms with van der Waals surface area (Å²) in [6.07, 6.45) is 16.0. The lowest BCUT2D eigenvalue weighted by atomic mass is 10.1. The number of rotatable bonds is 12. The molecule has 0 aromatic rings. The maximum atomic E-state index is 11.9. The van der Waals surface area contributed by atoms with Gasteiger partial charge < -0.3 is 14.3 Å². The first kappa shape index (κ1) is 24.9. The summed E-state index contributed by atoms with van der Waals surface area (Å²) >= 11 is 0. The highest BCUT2D eigenvalue weighted by Crippen LogP contribution is 2.60. The van der Waals surface area contributed by atoms with E-state index in [-0.39, 0.29) is 6.61 Å². The van der Waals surface area contributed by atoms with Gasteiger partial charge in [-0.25, -0.2) is 9.13 Å². The fourth-order valence-corrected chi connectivity index (χ4v) is 3.67. The Labute approximate surface area is 156 Å². The fraction of sp³-hybridized carbons (Fsp3) is 0.529. The molecule has 0 heterocycles. The van der Waals surface area contributed by atoms with Crippen LogP contribution < -0.4 is 0 Å². The molecule has 1 atom stereocenters. The summed E-state index contributed by atoms with van der Waals surface area (Å²) in [6.45, 7) is 7.90. The second-order valence-corrected chi connectivity index (χ2v) is 8.95. The van der Waals surface area contributed by atoms with Crippen LogP contribution in [0, 0.1) is 12.5 Å². The summed E-state index contributed by atoms with van der Waals surface area (Å²) in [5.41, 5.74) is 3.58. The van der Waals surface area contributed by atoms with Gasteiger partial charge in [-0.2, -0.15) is 4.31 Å². The van der Waals surface area contributed by atoms with Crippen LogP contribution >= 0.6 is 15.6 Å². The van der Waals surface area contributed by atoms with Gasteiger partial charge in [0, 0.05) is 0 Å². The lowest BCUT2D eigenvalue weighted by molar-refractivity contribution is 0.188. The van der Waals surface area contributed by atoms with Gasteiger partial charge in [0.15, 0.2) is 0 Å². The first-order valence-corrected chi connectivity index (χ1v) is 11.1. The van der Waals surface area contributed by atoms with Gasteiger partial charge >= 0.3 is 15.6 Å². The van der Waals surface area contributed by atoms with Gasteiger partial charge in [0.2, 0.25) is 0 Å². The maximum absolute atomic E-state index is 11.9. The molecule has 0 bridgehead atoms. The molecule has 0 rings (SSSR count). The van der Waals surface area contributed by atoms with Crippen molar-refractivity contribution in [2.45, 2.75) is 53.4 Å². The predicted molar refractivity (Wildman–Crippen MR) is 102 cm³/mol. The Hall–Kier alpha value is -1.12. The normalized spacial score (nSPS) is 15.1. The van der Waals surface area contributed by atoms with E-state index in [0.29, 0.717) is 0 Å². The highest BCUT2D eigenvalue weighted by Gasteiger charge is 2.36. The second kappa shape index (κ2) is 12.3. The van der Waals surface area contributed by atoms with Crippen molar-refractivity contribution in [3.8, 4) is 12.5 Å². The molecule has 9 heteroatoms. The van der Waals surface area contributed by atoms with Crippen LogP contribution in [-0.2, 0) is 22.5 Å². The van der Waals surface area contributed by atoms with Crippen LogP contribution in [0.25, 0.3) is 0 Å². The van der Waals surface area contributed by atoms with Crippen LogP contribution in [0.1, 0.15) is 53.4 Å². The number of hydrogen-bond acceptors (Lipinski definition) is 5. The van der Waals surface area contributed by atoms with Gasteiger partial charge in [-0.15, -0.1) is 0 Å². The van der Waals surface area contributed by atoms with Crippen LogP contribution in [0.5, 0.6) is 0 Å². The Morgan fingerprint density at radius 1 is 1.00 bits per heavy atom. The van der Waals surface area contributed by atoms with Gasteiger partial charge in [-0.1, -0.05) is 41.4 Å². The number of hydrogen-bond donors (Lipinski definition) is 2. The molecule has 0 aromatic carbocycles. The topological polar surface area (TPSA) is 102 Å². The van der Waals surface area contributed by atoms with Gasteiger partial charge in [0.05, 0.1) is 6.61 Å². The molecule has 0 saturated carbocycles. The lowest BCUT2D eigenvalue weighted by Gasteiger charge is -2.14. The van der Waals surface area contributed by atoms with Crippen LogP contribution in [0.2, 0.25) is 0 Å². The maximum Gasteiger partial charge on any atom is 0.547 e. The minimum Gasteiger partial charge on any atom is -0.350 e. The Kier molecular flexibility index (Phi) is 11.8. The third-order valence-electron chi connectivity index (χ3n) is 3.16. The zero-order valence-electron chi connectivity index (χ0n) is 15.7. The summed E-state index contributed by atoms with van der Waals surface area (Å²) < 4.78 is 35.8. The van der Waals surface area contributed by atoms with E-state index in [2.05, 4.69) is 41.8 Å². The molecule has 148 valence electrons. The van der Waals surface area contributed by atoms with E-state index in [1.807, 2.05) is 6.92 Å². The SMILES string of the molecule is C#COP(=O)(OCC=C(C)CCC=C(C)CCC=C(C)C)OP(=O)(O)O. The molecule has 0 aromatic heterocycles. The van der Waals surface area contributed by atoms with Gasteiger partial charge in [-0.05, 0) is 53.4 Å². The highest BCUT2D eigenvalue weighted by molar-refractivity contribution is 7.61. The minimum atomic E-state index is -5.07. The molecular formula is C17H28O7P2. The summed E-state index contributed by atoms with van der Waals surface area (Å²) in [4.78, 5) is 17.4. The van der Waals surface area contributed by atoms with E-state index >= 15 is 0 Å². The lowest BCUT2D eigenvalue weighted by Crippen LogP contribution is -1.97. The molecule has 1 unspecified atom stereocenters. The number of allylic oxidation sites excluding steroid dienone is 5. The molecule has 0 saturated heterocycles. The average Bonchev–Trinajstić information content (AvgIpc) is 2.44. The zero-order chi connectivity index (χ0) is 20.2. The highest BCUT2D eigenvalue weighted by atomic mass is 31.3. The molecule has 2 N–H and O–H groups in total. The Morgan fingerprint density at radius 3 is 2.04 bits per heavy atom. The van der Waals surface area contributed by atoms with Crippen LogP contribution in [0.3, 0.4) is 0 Å². The van der Waals surface area contributed by atoms with E-state index in [4.69, 9.17) is 20.7 Å². The van der Waals surface area contributed by atoms with Crippen molar-refractivity contribution in [3.63, 3.8) is 0 Å². The van der Waals surface area contributed by atoms with Crippen molar-refractivity contribution >= 4 is 15.6 Å². The summed E-state index contributed by atoms with van der Waals surface area (Å²) in [5, 5.41) is 0. The summed E-state index contributed by atoms with van der Waals surface area (Å²) in [7, 11) is -9.59. The molecule has 26 heavy (non-hydrogen) atoms.